The van der Waals surface area contributed by atoms with Crippen molar-refractivity contribution in [2.45, 2.75) is 12.5 Å². The Kier molecular flexibility index (Phi) is 2.69. The van der Waals surface area contributed by atoms with Gasteiger partial charge in [0, 0.05) is 18.3 Å². The lowest BCUT2D eigenvalue weighted by molar-refractivity contribution is -0.138. The van der Waals surface area contributed by atoms with Gasteiger partial charge in [-0.1, -0.05) is 0 Å². The highest BCUT2D eigenvalue weighted by atomic mass is 32.1. The molecule has 1 aromatic rings. The standard InChI is InChI=1S/C6H10N4O2S/c7-4(5(11)12)1-3-2-10(8)6(13)9-3/h2,4H,1,7-8H2,(H,9,13)(H,11,12)/t4-/m0/s1. The number of aliphatic carboxylic acids is 1. The number of carboxylic acids is 1. The predicted octanol–water partition coefficient (Wildman–Crippen LogP) is -0.786. The van der Waals surface area contributed by atoms with E-state index >= 15 is 0 Å². The van der Waals surface area contributed by atoms with Gasteiger partial charge in [0.1, 0.15) is 6.04 Å². The van der Waals surface area contributed by atoms with E-state index in [1.807, 2.05) is 0 Å². The van der Waals surface area contributed by atoms with E-state index in [1.165, 1.54) is 10.9 Å². The number of nitrogens with one attached hydrogen (secondary N) is 1. The lowest BCUT2D eigenvalue weighted by Crippen LogP contribution is -2.32. The van der Waals surface area contributed by atoms with Crippen molar-refractivity contribution < 1.29 is 9.90 Å². The summed E-state index contributed by atoms with van der Waals surface area (Å²) in [6.45, 7) is 0. The van der Waals surface area contributed by atoms with E-state index in [2.05, 4.69) is 4.98 Å². The number of H-pyrrole nitrogens is 1. The highest BCUT2D eigenvalue weighted by Gasteiger charge is 2.13. The number of nitrogens with zero attached hydrogens (tertiary/aromatic N) is 1. The molecule has 6 nitrogen and oxygen atoms in total. The van der Waals surface area contributed by atoms with Crippen LogP contribution in [0.5, 0.6) is 0 Å². The molecule has 1 rings (SSSR count). The lowest BCUT2D eigenvalue weighted by atomic mass is 10.2. The molecule has 7 heteroatoms. The molecular weight excluding hydrogens is 192 g/mol. The monoisotopic (exact) mass is 202 g/mol. The van der Waals surface area contributed by atoms with Gasteiger partial charge < -0.3 is 21.7 Å². The van der Waals surface area contributed by atoms with Gasteiger partial charge in [-0.2, -0.15) is 0 Å². The molecule has 1 heterocycles. The molecule has 0 aliphatic rings. The molecule has 0 spiro atoms. The van der Waals surface area contributed by atoms with Gasteiger partial charge in [-0.15, -0.1) is 0 Å². The van der Waals surface area contributed by atoms with E-state index in [0.29, 0.717) is 10.5 Å². The Hall–Kier alpha value is -1.34. The van der Waals surface area contributed by atoms with E-state index < -0.39 is 12.0 Å². The molecule has 1 atom stereocenters. The number of hydrogen-bond acceptors (Lipinski definition) is 4. The molecule has 0 bridgehead atoms. The van der Waals surface area contributed by atoms with Crippen molar-refractivity contribution >= 4 is 18.2 Å². The van der Waals surface area contributed by atoms with Crippen LogP contribution in [-0.4, -0.2) is 26.8 Å². The number of hydrogen-bond donors (Lipinski definition) is 4. The zero-order valence-corrected chi connectivity index (χ0v) is 7.54. The molecule has 72 valence electrons. The van der Waals surface area contributed by atoms with Gasteiger partial charge in [0.15, 0.2) is 4.77 Å². The van der Waals surface area contributed by atoms with Crippen LogP contribution in [0.15, 0.2) is 6.20 Å². The van der Waals surface area contributed by atoms with Gasteiger partial charge in [0.05, 0.1) is 0 Å². The lowest BCUT2D eigenvalue weighted by Gasteiger charge is -2.02. The number of imidazole rings is 1. The van der Waals surface area contributed by atoms with Gasteiger partial charge in [-0.3, -0.25) is 4.79 Å². The molecule has 0 fully saturated rings. The first kappa shape index (κ1) is 9.75. The maximum atomic E-state index is 10.4. The Balaban J connectivity index is 2.75. The summed E-state index contributed by atoms with van der Waals surface area (Å²) in [4.78, 5) is 13.1. The van der Waals surface area contributed by atoms with Crippen molar-refractivity contribution in [3.8, 4) is 0 Å². The first-order valence-electron chi connectivity index (χ1n) is 3.54. The Morgan fingerprint density at radius 1 is 1.85 bits per heavy atom. The molecule has 0 saturated carbocycles. The first-order valence-corrected chi connectivity index (χ1v) is 3.95. The average Bonchev–Trinajstić information content (AvgIpc) is 2.31. The first-order chi connectivity index (χ1) is 6.00. The summed E-state index contributed by atoms with van der Waals surface area (Å²) < 4.78 is 1.55. The number of carbonyl (C=O) groups is 1. The highest BCUT2D eigenvalue weighted by Crippen LogP contribution is 1.99. The van der Waals surface area contributed by atoms with Crippen LogP contribution in [0.25, 0.3) is 0 Å². The summed E-state index contributed by atoms with van der Waals surface area (Å²) in [7, 11) is 0. The van der Waals surface area contributed by atoms with Crippen LogP contribution in [0, 0.1) is 4.77 Å². The van der Waals surface area contributed by atoms with E-state index in [1.54, 1.807) is 0 Å². The fraction of sp³-hybridized carbons (Fsp3) is 0.333. The van der Waals surface area contributed by atoms with Crippen molar-refractivity contribution in [1.82, 2.24) is 9.66 Å². The number of nitrogen functional groups attached to an aromatic ring is 1. The molecule has 13 heavy (non-hydrogen) atoms. The minimum absolute atomic E-state index is 0.184. The predicted molar refractivity (Wildman–Crippen MR) is 49.1 cm³/mol. The Morgan fingerprint density at radius 3 is 2.85 bits per heavy atom. The van der Waals surface area contributed by atoms with Crippen LogP contribution in [0.1, 0.15) is 5.69 Å². The fourth-order valence-electron chi connectivity index (χ4n) is 0.889. The SMILES string of the molecule is N[C@@H](Cc1cn(N)c(=S)[nH]1)C(=O)O. The van der Waals surface area contributed by atoms with Gasteiger partial charge in [0.2, 0.25) is 0 Å². The molecule has 0 aromatic carbocycles. The largest absolute Gasteiger partial charge is 0.480 e. The summed E-state index contributed by atoms with van der Waals surface area (Å²) in [6.07, 6.45) is 1.70. The molecule has 6 N–H and O–H groups in total. The molecule has 0 unspecified atom stereocenters. The van der Waals surface area contributed by atoms with Crippen molar-refractivity contribution in [1.29, 1.82) is 0 Å². The second-order valence-electron chi connectivity index (χ2n) is 2.64. The van der Waals surface area contributed by atoms with Gasteiger partial charge in [0.25, 0.3) is 0 Å². The maximum Gasteiger partial charge on any atom is 0.320 e. The van der Waals surface area contributed by atoms with E-state index in [9.17, 15) is 4.79 Å². The smallest absolute Gasteiger partial charge is 0.320 e. The third-order valence-electron chi connectivity index (χ3n) is 1.55. The van der Waals surface area contributed by atoms with Crippen LogP contribution in [0.4, 0.5) is 0 Å². The van der Waals surface area contributed by atoms with Gasteiger partial charge in [-0.25, -0.2) is 4.68 Å². The zero-order chi connectivity index (χ0) is 10.0. The van der Waals surface area contributed by atoms with Crippen LogP contribution in [0.3, 0.4) is 0 Å². The molecule has 0 aliphatic carbocycles. The summed E-state index contributed by atoms with van der Waals surface area (Å²) in [6, 6.07) is -0.937. The molecule has 0 saturated heterocycles. The van der Waals surface area contributed by atoms with Gasteiger partial charge >= 0.3 is 5.97 Å². The second-order valence-corrected chi connectivity index (χ2v) is 3.03. The molecule has 1 aromatic heterocycles. The van der Waals surface area contributed by atoms with Crippen molar-refractivity contribution in [3.05, 3.63) is 16.7 Å². The minimum Gasteiger partial charge on any atom is -0.480 e. The number of aromatic amines is 1. The number of nitrogens with two attached hydrogens (primary N) is 2. The topological polar surface area (TPSA) is 110 Å². The molecular formula is C6H10N4O2S. The summed E-state index contributed by atoms with van der Waals surface area (Å²) in [5, 5.41) is 8.52. The quantitative estimate of drug-likeness (QED) is 0.379. The minimum atomic E-state index is -1.05. The zero-order valence-electron chi connectivity index (χ0n) is 6.73. The average molecular weight is 202 g/mol. The highest BCUT2D eigenvalue weighted by molar-refractivity contribution is 7.71. The maximum absolute atomic E-state index is 10.4. The van der Waals surface area contributed by atoms with E-state index in [-0.39, 0.29) is 6.42 Å². The van der Waals surface area contributed by atoms with Crippen molar-refractivity contribution in [2.75, 3.05) is 5.84 Å². The Morgan fingerprint density at radius 2 is 2.46 bits per heavy atom. The molecule has 0 aliphatic heterocycles. The van der Waals surface area contributed by atoms with E-state index in [4.69, 9.17) is 28.9 Å². The summed E-state index contributed by atoms with van der Waals surface area (Å²) >= 11 is 4.79. The van der Waals surface area contributed by atoms with Crippen molar-refractivity contribution in [3.63, 3.8) is 0 Å². The summed E-state index contributed by atoms with van der Waals surface area (Å²) in [5.41, 5.74) is 5.92. The molecule has 0 radical (unpaired) electrons. The van der Waals surface area contributed by atoms with Gasteiger partial charge in [-0.05, 0) is 12.2 Å². The number of aromatic nitrogens is 2. The van der Waals surface area contributed by atoms with Crippen LogP contribution in [-0.2, 0) is 11.2 Å². The van der Waals surface area contributed by atoms with Crippen molar-refractivity contribution in [2.24, 2.45) is 5.73 Å². The Bertz CT molecular complexity index is 369. The molecule has 0 amide bonds. The van der Waals surface area contributed by atoms with Crippen LogP contribution < -0.4 is 11.6 Å². The second kappa shape index (κ2) is 3.58. The Labute approximate surface area is 79.1 Å². The fourth-order valence-corrected chi connectivity index (χ4v) is 1.07. The van der Waals surface area contributed by atoms with Crippen LogP contribution in [0.2, 0.25) is 0 Å². The normalized spacial score (nSPS) is 12.7. The third kappa shape index (κ3) is 2.30. The van der Waals surface area contributed by atoms with Crippen LogP contribution >= 0.6 is 12.2 Å². The number of carboxylic acid groups (broad SMARTS) is 1. The number of rotatable bonds is 3. The third-order valence-corrected chi connectivity index (χ3v) is 1.87. The van der Waals surface area contributed by atoms with E-state index in [0.717, 1.165) is 0 Å². The summed E-state index contributed by atoms with van der Waals surface area (Å²) in [5.74, 6) is 4.33.